The minimum Gasteiger partial charge on any atom is -0.491 e. The molecule has 1 aliphatic heterocycles. The molecule has 4 rings (SSSR count). The van der Waals surface area contributed by atoms with Gasteiger partial charge in [0.2, 0.25) is 23.5 Å². The van der Waals surface area contributed by atoms with Crippen LogP contribution in [0.1, 0.15) is 31.7 Å². The highest BCUT2D eigenvalue weighted by Crippen LogP contribution is 2.28. The van der Waals surface area contributed by atoms with Gasteiger partial charge in [-0.3, -0.25) is 9.59 Å². The zero-order valence-electron chi connectivity index (χ0n) is 18.4. The van der Waals surface area contributed by atoms with Crippen LogP contribution in [0, 0.1) is 12.8 Å². The normalized spacial score (nSPS) is 15.9. The lowest BCUT2D eigenvalue weighted by atomic mass is 10.1. The molecule has 32 heavy (non-hydrogen) atoms. The van der Waals surface area contributed by atoms with Crippen molar-refractivity contribution in [1.29, 1.82) is 0 Å². The lowest BCUT2D eigenvalue weighted by Gasteiger charge is -2.17. The van der Waals surface area contributed by atoms with E-state index in [2.05, 4.69) is 15.5 Å². The van der Waals surface area contributed by atoms with Crippen LogP contribution < -0.4 is 15.0 Å². The second kappa shape index (κ2) is 9.21. The second-order valence-corrected chi connectivity index (χ2v) is 8.12. The molecule has 3 aromatic rings. The van der Waals surface area contributed by atoms with Crippen LogP contribution in [-0.2, 0) is 16.1 Å². The summed E-state index contributed by atoms with van der Waals surface area (Å²) in [7, 11) is 0. The van der Waals surface area contributed by atoms with Crippen LogP contribution in [0.2, 0.25) is 0 Å². The minimum absolute atomic E-state index is 0.0817. The first kappa shape index (κ1) is 21.5. The summed E-state index contributed by atoms with van der Waals surface area (Å²) in [6.07, 6.45) is 0.291. The summed E-state index contributed by atoms with van der Waals surface area (Å²) in [6.45, 7) is 6.41. The van der Waals surface area contributed by atoms with Gasteiger partial charge >= 0.3 is 0 Å². The van der Waals surface area contributed by atoms with Gasteiger partial charge in [0.1, 0.15) is 5.75 Å². The Labute approximate surface area is 186 Å². The fourth-order valence-electron chi connectivity index (χ4n) is 3.65. The van der Waals surface area contributed by atoms with Crippen molar-refractivity contribution in [1.82, 2.24) is 15.5 Å². The molecule has 1 atom stereocenters. The van der Waals surface area contributed by atoms with E-state index >= 15 is 0 Å². The minimum atomic E-state index is -0.401. The maximum Gasteiger partial charge on any atom is 0.227 e. The highest BCUT2D eigenvalue weighted by molar-refractivity contribution is 6.00. The highest BCUT2D eigenvalue weighted by atomic mass is 16.5. The summed E-state index contributed by atoms with van der Waals surface area (Å²) in [6, 6.07) is 15.0. The van der Waals surface area contributed by atoms with Crippen molar-refractivity contribution < 1.29 is 18.8 Å². The van der Waals surface area contributed by atoms with Gasteiger partial charge in [0.15, 0.2) is 0 Å². The number of anilines is 1. The van der Waals surface area contributed by atoms with Gasteiger partial charge in [0, 0.05) is 37.7 Å². The average molecular weight is 434 g/mol. The molecule has 2 amide bonds. The van der Waals surface area contributed by atoms with Gasteiger partial charge in [-0.25, -0.2) is 0 Å². The Bertz CT molecular complexity index is 1110. The zero-order chi connectivity index (χ0) is 22.7. The van der Waals surface area contributed by atoms with Crippen LogP contribution in [0.3, 0.4) is 0 Å². The van der Waals surface area contributed by atoms with Gasteiger partial charge in [0.25, 0.3) is 0 Å². The molecule has 2 heterocycles. The third-order valence-electron chi connectivity index (χ3n) is 5.20. The number of ether oxygens (including phenoxy) is 1. The zero-order valence-corrected chi connectivity index (χ0v) is 18.4. The summed E-state index contributed by atoms with van der Waals surface area (Å²) in [4.78, 5) is 31.2. The van der Waals surface area contributed by atoms with Gasteiger partial charge < -0.3 is 19.5 Å². The van der Waals surface area contributed by atoms with E-state index in [-0.39, 0.29) is 24.3 Å². The molecule has 0 aliphatic carbocycles. The number of nitrogens with zero attached hydrogens (tertiary/aromatic N) is 3. The third kappa shape index (κ3) is 4.96. The quantitative estimate of drug-likeness (QED) is 0.611. The highest BCUT2D eigenvalue weighted by Gasteiger charge is 2.35. The Morgan fingerprint density at radius 3 is 2.72 bits per heavy atom. The fourth-order valence-corrected chi connectivity index (χ4v) is 3.65. The summed E-state index contributed by atoms with van der Waals surface area (Å²) in [5, 5.41) is 6.87. The predicted octanol–water partition coefficient (Wildman–Crippen LogP) is 3.50. The Morgan fingerprint density at radius 2 is 2.03 bits per heavy atom. The fraction of sp³-hybridized carbons (Fsp3) is 0.333. The molecule has 8 nitrogen and oxygen atoms in total. The lowest BCUT2D eigenvalue weighted by molar-refractivity contribution is -0.126. The van der Waals surface area contributed by atoms with Gasteiger partial charge in [0.05, 0.1) is 12.0 Å². The molecular formula is C24H26N4O4. The van der Waals surface area contributed by atoms with E-state index in [0.717, 1.165) is 16.9 Å². The van der Waals surface area contributed by atoms with E-state index in [4.69, 9.17) is 9.26 Å². The maximum absolute atomic E-state index is 12.7. The summed E-state index contributed by atoms with van der Waals surface area (Å²) >= 11 is 0. The molecule has 1 aliphatic rings. The molecule has 0 radical (unpaired) electrons. The molecule has 0 bridgehead atoms. The average Bonchev–Trinajstić information content (AvgIpc) is 3.38. The molecule has 8 heteroatoms. The number of benzene rings is 2. The van der Waals surface area contributed by atoms with Crippen LogP contribution in [0.4, 0.5) is 5.69 Å². The number of carbonyl (C=O) groups excluding carboxylic acids is 2. The lowest BCUT2D eigenvalue weighted by Crippen LogP contribution is -2.32. The molecule has 2 aromatic carbocycles. The number of rotatable bonds is 7. The Hall–Kier alpha value is -3.68. The largest absolute Gasteiger partial charge is 0.491 e. The Kier molecular flexibility index (Phi) is 6.20. The number of amides is 2. The molecule has 1 fully saturated rings. The van der Waals surface area contributed by atoms with Gasteiger partial charge in [-0.2, -0.15) is 4.98 Å². The van der Waals surface area contributed by atoms with Crippen molar-refractivity contribution in [2.45, 2.75) is 39.8 Å². The van der Waals surface area contributed by atoms with E-state index in [1.165, 1.54) is 0 Å². The molecule has 1 unspecified atom stereocenters. The Balaban J connectivity index is 1.36. The molecule has 1 aromatic heterocycles. The van der Waals surface area contributed by atoms with E-state index in [1.807, 2.05) is 62.4 Å². The first-order valence-corrected chi connectivity index (χ1v) is 10.6. The topological polar surface area (TPSA) is 97.6 Å². The molecule has 166 valence electrons. The predicted molar refractivity (Wildman–Crippen MR) is 119 cm³/mol. The van der Waals surface area contributed by atoms with E-state index in [1.54, 1.807) is 11.8 Å². The van der Waals surface area contributed by atoms with E-state index < -0.39 is 5.92 Å². The third-order valence-corrected chi connectivity index (χ3v) is 5.20. The summed E-state index contributed by atoms with van der Waals surface area (Å²) < 4.78 is 10.7. The molecule has 1 saturated heterocycles. The number of nitrogens with one attached hydrogen (secondary N) is 1. The molecular weight excluding hydrogens is 408 g/mol. The molecule has 0 spiro atoms. The summed E-state index contributed by atoms with van der Waals surface area (Å²) in [5.74, 6) is 1.12. The van der Waals surface area contributed by atoms with Gasteiger partial charge in [-0.05, 0) is 43.7 Å². The smallest absolute Gasteiger partial charge is 0.227 e. The maximum atomic E-state index is 12.7. The van der Waals surface area contributed by atoms with Crippen LogP contribution in [0.5, 0.6) is 5.75 Å². The molecule has 1 N–H and O–H groups in total. The molecule has 0 saturated carbocycles. The number of aryl methyl sites for hydroxylation is 1. The second-order valence-electron chi connectivity index (χ2n) is 8.12. The van der Waals surface area contributed by atoms with E-state index in [0.29, 0.717) is 30.5 Å². The van der Waals surface area contributed by atoms with Crippen molar-refractivity contribution in [3.8, 4) is 17.1 Å². The van der Waals surface area contributed by atoms with Crippen molar-refractivity contribution in [3.63, 3.8) is 0 Å². The first-order valence-electron chi connectivity index (χ1n) is 10.6. The number of carbonyl (C=O) groups is 2. The van der Waals surface area contributed by atoms with E-state index in [9.17, 15) is 9.59 Å². The number of hydrogen-bond acceptors (Lipinski definition) is 6. The number of hydrogen-bond donors (Lipinski definition) is 1. The SMILES string of the molecule is Cc1nc(-c2cccc(N3CC(C(=O)NCc4ccc(OC(C)C)cc4)CC3=O)c2)no1. The van der Waals surface area contributed by atoms with Gasteiger partial charge in [-0.15, -0.1) is 0 Å². The van der Waals surface area contributed by atoms with Crippen molar-refractivity contribution in [2.24, 2.45) is 5.92 Å². The van der Waals surface area contributed by atoms with Crippen molar-refractivity contribution in [2.75, 3.05) is 11.4 Å². The van der Waals surface area contributed by atoms with Crippen LogP contribution in [0.25, 0.3) is 11.4 Å². The van der Waals surface area contributed by atoms with Crippen LogP contribution in [-0.4, -0.2) is 34.6 Å². The number of aromatic nitrogens is 2. The van der Waals surface area contributed by atoms with Crippen molar-refractivity contribution >= 4 is 17.5 Å². The standard InChI is InChI=1S/C24H26N4O4/c1-15(2)31-21-9-7-17(8-10-21)13-25-24(30)19-12-22(29)28(14-19)20-6-4-5-18(11-20)23-26-16(3)32-27-23/h4-11,15,19H,12-14H2,1-3H3,(H,25,30). The monoisotopic (exact) mass is 434 g/mol. The summed E-state index contributed by atoms with van der Waals surface area (Å²) in [5.41, 5.74) is 2.44. The van der Waals surface area contributed by atoms with Crippen molar-refractivity contribution in [3.05, 3.63) is 60.0 Å². The first-order chi connectivity index (χ1) is 15.4. The van der Waals surface area contributed by atoms with Crippen LogP contribution in [0.15, 0.2) is 53.1 Å². The Morgan fingerprint density at radius 1 is 1.25 bits per heavy atom. The van der Waals surface area contributed by atoms with Gasteiger partial charge in [-0.1, -0.05) is 29.4 Å². The van der Waals surface area contributed by atoms with Crippen LogP contribution >= 0.6 is 0 Å².